The SMILES string of the molecule is CC(NS(=O)(=O)Cc1ccccc1)c1[nH]nc(-c2ccc(F)cc2)c1-c1ccncc1. The molecular formula is C23H21FN4O2S. The van der Waals surface area contributed by atoms with E-state index in [4.69, 9.17) is 0 Å². The van der Waals surface area contributed by atoms with Crippen LogP contribution in [0.15, 0.2) is 79.1 Å². The third-order valence-corrected chi connectivity index (χ3v) is 6.30. The van der Waals surface area contributed by atoms with E-state index in [1.165, 1.54) is 12.1 Å². The van der Waals surface area contributed by atoms with E-state index in [9.17, 15) is 12.8 Å². The van der Waals surface area contributed by atoms with Crippen molar-refractivity contribution in [2.45, 2.75) is 18.7 Å². The van der Waals surface area contributed by atoms with E-state index >= 15 is 0 Å². The first-order chi connectivity index (χ1) is 14.9. The van der Waals surface area contributed by atoms with Crippen molar-refractivity contribution in [3.8, 4) is 22.4 Å². The van der Waals surface area contributed by atoms with Gasteiger partial charge in [-0.3, -0.25) is 10.1 Å². The van der Waals surface area contributed by atoms with Crippen LogP contribution in [0.3, 0.4) is 0 Å². The van der Waals surface area contributed by atoms with Crippen molar-refractivity contribution in [1.29, 1.82) is 0 Å². The molecule has 2 heterocycles. The van der Waals surface area contributed by atoms with Crippen LogP contribution in [0.25, 0.3) is 22.4 Å². The van der Waals surface area contributed by atoms with Crippen molar-refractivity contribution >= 4 is 10.0 Å². The topological polar surface area (TPSA) is 87.7 Å². The molecule has 0 fully saturated rings. The van der Waals surface area contributed by atoms with Crippen LogP contribution in [-0.2, 0) is 15.8 Å². The number of benzene rings is 2. The molecule has 0 radical (unpaired) electrons. The summed E-state index contributed by atoms with van der Waals surface area (Å²) in [7, 11) is -3.60. The fourth-order valence-electron chi connectivity index (χ4n) is 3.46. The first-order valence-electron chi connectivity index (χ1n) is 9.71. The summed E-state index contributed by atoms with van der Waals surface area (Å²) in [6.07, 6.45) is 3.32. The van der Waals surface area contributed by atoms with Gasteiger partial charge in [0.25, 0.3) is 0 Å². The van der Waals surface area contributed by atoms with Gasteiger partial charge in [0.05, 0.1) is 17.5 Å². The van der Waals surface area contributed by atoms with Gasteiger partial charge in [-0.1, -0.05) is 30.3 Å². The number of rotatable bonds is 7. The highest BCUT2D eigenvalue weighted by Gasteiger charge is 2.24. The molecule has 2 aromatic heterocycles. The highest BCUT2D eigenvalue weighted by atomic mass is 32.2. The van der Waals surface area contributed by atoms with E-state index in [1.54, 1.807) is 55.7 Å². The molecule has 0 saturated heterocycles. The average Bonchev–Trinajstić information content (AvgIpc) is 3.20. The van der Waals surface area contributed by atoms with Crippen LogP contribution < -0.4 is 4.72 Å². The Morgan fingerprint density at radius 3 is 2.32 bits per heavy atom. The molecule has 2 N–H and O–H groups in total. The van der Waals surface area contributed by atoms with Crippen LogP contribution >= 0.6 is 0 Å². The zero-order valence-corrected chi connectivity index (χ0v) is 17.6. The zero-order chi connectivity index (χ0) is 21.8. The second-order valence-electron chi connectivity index (χ2n) is 7.19. The molecule has 6 nitrogen and oxygen atoms in total. The summed E-state index contributed by atoms with van der Waals surface area (Å²) >= 11 is 0. The lowest BCUT2D eigenvalue weighted by molar-refractivity contribution is 0.563. The molecular weight excluding hydrogens is 415 g/mol. The maximum absolute atomic E-state index is 13.4. The Morgan fingerprint density at radius 1 is 0.968 bits per heavy atom. The lowest BCUT2D eigenvalue weighted by atomic mass is 9.97. The molecule has 0 aliphatic heterocycles. The summed E-state index contributed by atoms with van der Waals surface area (Å²) in [6, 6.07) is 18.1. The summed E-state index contributed by atoms with van der Waals surface area (Å²) < 4.78 is 41.6. The zero-order valence-electron chi connectivity index (χ0n) is 16.8. The highest BCUT2D eigenvalue weighted by Crippen LogP contribution is 2.36. The lowest BCUT2D eigenvalue weighted by Crippen LogP contribution is -2.28. The summed E-state index contributed by atoms with van der Waals surface area (Å²) in [5, 5.41) is 7.41. The molecule has 0 amide bonds. The van der Waals surface area contributed by atoms with Gasteiger partial charge in [0.15, 0.2) is 0 Å². The fraction of sp³-hybridized carbons (Fsp3) is 0.130. The fourth-order valence-corrected chi connectivity index (χ4v) is 4.83. The van der Waals surface area contributed by atoms with Gasteiger partial charge in [-0.15, -0.1) is 0 Å². The van der Waals surface area contributed by atoms with Gasteiger partial charge in [0.1, 0.15) is 11.5 Å². The second-order valence-corrected chi connectivity index (χ2v) is 8.94. The van der Waals surface area contributed by atoms with Crippen molar-refractivity contribution in [3.05, 3.63) is 96.2 Å². The smallest absolute Gasteiger partial charge is 0.216 e. The van der Waals surface area contributed by atoms with Gasteiger partial charge in [-0.25, -0.2) is 17.5 Å². The molecule has 0 bridgehead atoms. The van der Waals surface area contributed by atoms with Crippen molar-refractivity contribution in [1.82, 2.24) is 19.9 Å². The maximum Gasteiger partial charge on any atom is 0.216 e. The number of sulfonamides is 1. The average molecular weight is 437 g/mol. The number of nitrogens with zero attached hydrogens (tertiary/aromatic N) is 2. The minimum absolute atomic E-state index is 0.123. The third kappa shape index (κ3) is 4.87. The quantitative estimate of drug-likeness (QED) is 0.448. The number of hydrogen-bond donors (Lipinski definition) is 2. The molecule has 0 saturated carbocycles. The molecule has 0 aliphatic rings. The number of aromatic nitrogens is 3. The molecule has 0 aliphatic carbocycles. The standard InChI is InChI=1S/C23H21FN4O2S/c1-16(28-31(29,30)15-17-5-3-2-4-6-17)22-21(18-11-13-25-14-12-18)23(27-26-22)19-7-9-20(24)10-8-19/h2-14,16,28H,15H2,1H3,(H,26,27). The Labute approximate surface area is 180 Å². The number of pyridine rings is 1. The van der Waals surface area contributed by atoms with Gasteiger partial charge < -0.3 is 0 Å². The molecule has 31 heavy (non-hydrogen) atoms. The van der Waals surface area contributed by atoms with Gasteiger partial charge in [0.2, 0.25) is 10.0 Å². The predicted molar refractivity (Wildman–Crippen MR) is 118 cm³/mol. The summed E-state index contributed by atoms with van der Waals surface area (Å²) in [5.41, 5.74) is 4.21. The number of aromatic amines is 1. The maximum atomic E-state index is 13.4. The Morgan fingerprint density at radius 2 is 1.65 bits per heavy atom. The first kappa shape index (κ1) is 20.9. The minimum Gasteiger partial charge on any atom is -0.280 e. The van der Waals surface area contributed by atoms with Crippen LogP contribution in [-0.4, -0.2) is 23.6 Å². The number of halogens is 1. The van der Waals surface area contributed by atoms with Gasteiger partial charge in [-0.2, -0.15) is 5.10 Å². The van der Waals surface area contributed by atoms with E-state index < -0.39 is 16.1 Å². The largest absolute Gasteiger partial charge is 0.280 e. The van der Waals surface area contributed by atoms with E-state index in [1.807, 2.05) is 18.2 Å². The van der Waals surface area contributed by atoms with Crippen LogP contribution in [0.1, 0.15) is 24.2 Å². The highest BCUT2D eigenvalue weighted by molar-refractivity contribution is 7.88. The third-order valence-electron chi connectivity index (χ3n) is 4.87. The van der Waals surface area contributed by atoms with Crippen molar-refractivity contribution in [2.75, 3.05) is 0 Å². The van der Waals surface area contributed by atoms with Gasteiger partial charge >= 0.3 is 0 Å². The molecule has 158 valence electrons. The minimum atomic E-state index is -3.60. The Balaban J connectivity index is 1.70. The summed E-state index contributed by atoms with van der Waals surface area (Å²) in [6.45, 7) is 1.76. The summed E-state index contributed by atoms with van der Waals surface area (Å²) in [4.78, 5) is 4.06. The Hall–Kier alpha value is -3.36. The second kappa shape index (κ2) is 8.79. The lowest BCUT2D eigenvalue weighted by Gasteiger charge is -2.15. The summed E-state index contributed by atoms with van der Waals surface area (Å²) in [5.74, 6) is -0.464. The van der Waals surface area contributed by atoms with Crippen LogP contribution in [0.5, 0.6) is 0 Å². The molecule has 2 aromatic carbocycles. The van der Waals surface area contributed by atoms with E-state index in [-0.39, 0.29) is 11.6 Å². The van der Waals surface area contributed by atoms with Crippen LogP contribution in [0.2, 0.25) is 0 Å². The first-order valence-corrected chi connectivity index (χ1v) is 11.4. The molecule has 4 aromatic rings. The van der Waals surface area contributed by atoms with E-state index in [2.05, 4.69) is 19.9 Å². The molecule has 4 rings (SSSR count). The van der Waals surface area contributed by atoms with Crippen molar-refractivity contribution in [3.63, 3.8) is 0 Å². The predicted octanol–water partition coefficient (Wildman–Crippen LogP) is 4.46. The molecule has 0 spiro atoms. The molecule has 8 heteroatoms. The monoisotopic (exact) mass is 436 g/mol. The number of H-pyrrole nitrogens is 1. The molecule has 1 atom stereocenters. The Kier molecular flexibility index (Phi) is 5.92. The van der Waals surface area contributed by atoms with Crippen molar-refractivity contribution < 1.29 is 12.8 Å². The van der Waals surface area contributed by atoms with E-state index in [0.29, 0.717) is 17.0 Å². The van der Waals surface area contributed by atoms with Crippen LogP contribution in [0.4, 0.5) is 4.39 Å². The van der Waals surface area contributed by atoms with E-state index in [0.717, 1.165) is 16.7 Å². The number of hydrogen-bond acceptors (Lipinski definition) is 4. The van der Waals surface area contributed by atoms with Crippen molar-refractivity contribution in [2.24, 2.45) is 0 Å². The normalized spacial score (nSPS) is 12.6. The van der Waals surface area contributed by atoms with Gasteiger partial charge in [0, 0.05) is 23.5 Å². The molecule has 1 unspecified atom stereocenters. The van der Waals surface area contributed by atoms with Gasteiger partial charge in [-0.05, 0) is 54.4 Å². The Bertz CT molecular complexity index is 1260. The van der Waals surface area contributed by atoms with Crippen LogP contribution in [0, 0.1) is 5.82 Å². The number of nitrogens with one attached hydrogen (secondary N) is 2.